The molecule has 3 rings (SSSR count). The van der Waals surface area contributed by atoms with E-state index in [1.165, 1.54) is 21.9 Å². The first-order valence-electron chi connectivity index (χ1n) is 6.59. The average Bonchev–Trinajstić information content (AvgIpc) is 2.77. The third-order valence-corrected chi connectivity index (χ3v) is 4.38. The van der Waals surface area contributed by atoms with Gasteiger partial charge in [-0.15, -0.1) is 0 Å². The highest BCUT2D eigenvalue weighted by Gasteiger charge is 2.21. The lowest BCUT2D eigenvalue weighted by molar-refractivity contribution is -0.592. The van der Waals surface area contributed by atoms with Gasteiger partial charge in [-0.25, -0.2) is 4.98 Å². The second-order valence-electron chi connectivity index (χ2n) is 4.84. The monoisotopic (exact) mass is 305 g/mol. The number of H-pyrrole nitrogens is 1. The third kappa shape index (κ3) is 2.00. The van der Waals surface area contributed by atoms with Crippen LogP contribution in [0.5, 0.6) is 0 Å². The van der Waals surface area contributed by atoms with E-state index in [9.17, 15) is 0 Å². The molecule has 0 aliphatic carbocycles. The van der Waals surface area contributed by atoms with Crippen molar-refractivity contribution in [2.24, 2.45) is 0 Å². The second kappa shape index (κ2) is 5.12. The number of benzene rings is 2. The highest BCUT2D eigenvalue weighted by Crippen LogP contribution is 2.28. The Morgan fingerprint density at radius 3 is 2.60 bits per heavy atom. The van der Waals surface area contributed by atoms with Crippen LogP contribution in [0, 0.1) is 6.92 Å². The van der Waals surface area contributed by atoms with E-state index in [1.807, 2.05) is 4.57 Å². The van der Waals surface area contributed by atoms with Crippen LogP contribution in [0.4, 0.5) is 0 Å². The van der Waals surface area contributed by atoms with Crippen LogP contribution >= 0.6 is 23.2 Å². The van der Waals surface area contributed by atoms with Crippen LogP contribution in [0.25, 0.3) is 16.5 Å². The highest BCUT2D eigenvalue weighted by atomic mass is 35.5. The number of nitrogens with one attached hydrogen (secondary N) is 1. The molecule has 20 heavy (non-hydrogen) atoms. The highest BCUT2D eigenvalue weighted by molar-refractivity contribution is 6.39. The van der Waals surface area contributed by atoms with Crippen molar-refractivity contribution in [1.29, 1.82) is 0 Å². The summed E-state index contributed by atoms with van der Waals surface area (Å²) in [5.74, 6) is 0. The van der Waals surface area contributed by atoms with Crippen LogP contribution in [-0.4, -0.2) is 4.98 Å². The molecule has 0 bridgehead atoms. The first-order valence-corrected chi connectivity index (χ1v) is 7.34. The number of hydrogen-bond acceptors (Lipinski definition) is 0. The van der Waals surface area contributed by atoms with Gasteiger partial charge in [-0.05, 0) is 58.9 Å². The van der Waals surface area contributed by atoms with Crippen LogP contribution in [0.1, 0.15) is 18.1 Å². The first kappa shape index (κ1) is 13.5. The van der Waals surface area contributed by atoms with Crippen molar-refractivity contribution in [2.75, 3.05) is 0 Å². The summed E-state index contributed by atoms with van der Waals surface area (Å²) in [4.78, 5) is 2.96. The van der Waals surface area contributed by atoms with Gasteiger partial charge in [0.1, 0.15) is 5.69 Å². The predicted molar refractivity (Wildman–Crippen MR) is 84.0 cm³/mol. The minimum Gasteiger partial charge on any atom is -0.232 e. The smallest absolute Gasteiger partial charge is 0.232 e. The average molecular weight is 306 g/mol. The van der Waals surface area contributed by atoms with Crippen LogP contribution in [0.3, 0.4) is 0 Å². The van der Waals surface area contributed by atoms with Gasteiger partial charge >= 0.3 is 0 Å². The van der Waals surface area contributed by atoms with E-state index in [0.717, 1.165) is 12.1 Å². The summed E-state index contributed by atoms with van der Waals surface area (Å²) in [6.45, 7) is 4.26. The predicted octanol–water partition coefficient (Wildman–Crippen LogP) is 4.62. The number of aryl methyl sites for hydroxylation is 2. The van der Waals surface area contributed by atoms with Crippen molar-refractivity contribution < 1.29 is 4.57 Å². The van der Waals surface area contributed by atoms with Gasteiger partial charge in [-0.3, -0.25) is 0 Å². The van der Waals surface area contributed by atoms with Gasteiger partial charge in [0.05, 0.1) is 0 Å². The van der Waals surface area contributed by atoms with Crippen LogP contribution in [0.2, 0.25) is 10.3 Å². The molecule has 0 fully saturated rings. The summed E-state index contributed by atoms with van der Waals surface area (Å²) in [5.41, 5.74) is 3.57. The van der Waals surface area contributed by atoms with Crippen molar-refractivity contribution in [3.05, 3.63) is 58.1 Å². The maximum Gasteiger partial charge on any atom is 0.260 e. The van der Waals surface area contributed by atoms with Crippen LogP contribution < -0.4 is 4.57 Å². The molecular weight excluding hydrogens is 291 g/mol. The molecule has 3 aromatic rings. The van der Waals surface area contributed by atoms with E-state index < -0.39 is 0 Å². The summed E-state index contributed by atoms with van der Waals surface area (Å²) in [6.07, 6.45) is 2.74. The van der Waals surface area contributed by atoms with Crippen LogP contribution in [-0.2, 0) is 6.42 Å². The number of aromatic amines is 1. The molecule has 0 atom stereocenters. The number of halogens is 2. The fraction of sp³-hybridized carbons (Fsp3) is 0.188. The van der Waals surface area contributed by atoms with Gasteiger partial charge in [0.2, 0.25) is 6.33 Å². The second-order valence-corrected chi connectivity index (χ2v) is 5.58. The SMILES string of the molecule is CCc1c(-[n+]2c[nH]c(Cl)c2Cl)c(C)cc2ccccc12. The molecule has 102 valence electrons. The van der Waals surface area contributed by atoms with Crippen molar-refractivity contribution in [3.63, 3.8) is 0 Å². The van der Waals surface area contributed by atoms with Crippen molar-refractivity contribution >= 4 is 34.0 Å². The van der Waals surface area contributed by atoms with Gasteiger partial charge in [0.25, 0.3) is 10.3 Å². The molecule has 0 aliphatic heterocycles. The van der Waals surface area contributed by atoms with E-state index >= 15 is 0 Å². The van der Waals surface area contributed by atoms with Crippen molar-refractivity contribution in [1.82, 2.24) is 4.98 Å². The van der Waals surface area contributed by atoms with E-state index in [2.05, 4.69) is 49.2 Å². The molecule has 1 heterocycles. The fourth-order valence-corrected chi connectivity index (χ4v) is 3.09. The van der Waals surface area contributed by atoms with Gasteiger partial charge in [0, 0.05) is 5.56 Å². The Hall–Kier alpha value is -1.51. The van der Waals surface area contributed by atoms with Gasteiger partial charge < -0.3 is 0 Å². The summed E-state index contributed by atoms with van der Waals surface area (Å²) in [5, 5.41) is 3.49. The zero-order valence-electron chi connectivity index (χ0n) is 11.4. The first-order chi connectivity index (χ1) is 9.63. The number of aromatic nitrogens is 2. The molecular formula is C16H15Cl2N2+. The molecule has 0 saturated carbocycles. The Morgan fingerprint density at radius 1 is 1.20 bits per heavy atom. The molecule has 1 aromatic heterocycles. The summed E-state index contributed by atoms with van der Waals surface area (Å²) in [6, 6.07) is 10.6. The Balaban J connectivity index is 2.40. The number of hydrogen-bond donors (Lipinski definition) is 1. The Labute approximate surface area is 128 Å². The quantitative estimate of drug-likeness (QED) is 0.666. The number of nitrogens with zero attached hydrogens (tertiary/aromatic N) is 1. The van der Waals surface area contributed by atoms with Crippen molar-refractivity contribution in [2.45, 2.75) is 20.3 Å². The zero-order chi connectivity index (χ0) is 14.3. The topological polar surface area (TPSA) is 19.7 Å². The van der Waals surface area contributed by atoms with Gasteiger partial charge in [-0.2, -0.15) is 4.57 Å². The Bertz CT molecular complexity index is 791. The van der Waals surface area contributed by atoms with E-state index in [4.69, 9.17) is 23.2 Å². The van der Waals surface area contributed by atoms with Gasteiger partial charge in [0.15, 0.2) is 0 Å². The maximum absolute atomic E-state index is 6.30. The molecule has 0 radical (unpaired) electrons. The molecule has 0 spiro atoms. The van der Waals surface area contributed by atoms with Crippen LogP contribution in [0.15, 0.2) is 36.7 Å². The molecule has 2 aromatic carbocycles. The van der Waals surface area contributed by atoms with E-state index in [-0.39, 0.29) is 0 Å². The Morgan fingerprint density at radius 2 is 1.95 bits per heavy atom. The zero-order valence-corrected chi connectivity index (χ0v) is 12.9. The standard InChI is InChI=1S/C16H14Cl2N2/c1-3-12-13-7-5-4-6-11(13)8-10(2)14(12)20-9-19-15(17)16(20)18/h4-9H,3H2,1-2H3/p+1. The number of fused-ring (bicyclic) bond motifs is 1. The summed E-state index contributed by atoms with van der Waals surface area (Å²) >= 11 is 12.3. The fourth-order valence-electron chi connectivity index (χ4n) is 2.76. The number of rotatable bonds is 2. The maximum atomic E-state index is 6.30. The molecule has 0 aliphatic rings. The molecule has 0 unspecified atom stereocenters. The summed E-state index contributed by atoms with van der Waals surface area (Å²) < 4.78 is 1.92. The Kier molecular flexibility index (Phi) is 3.45. The lowest BCUT2D eigenvalue weighted by Gasteiger charge is -2.12. The molecule has 1 N–H and O–H groups in total. The number of imidazole rings is 1. The van der Waals surface area contributed by atoms with E-state index in [0.29, 0.717) is 10.3 Å². The third-order valence-electron chi connectivity index (χ3n) is 3.62. The minimum absolute atomic E-state index is 0.460. The van der Waals surface area contributed by atoms with Crippen molar-refractivity contribution in [3.8, 4) is 5.69 Å². The molecule has 0 saturated heterocycles. The molecule has 4 heteroatoms. The molecule has 0 amide bonds. The largest absolute Gasteiger partial charge is 0.260 e. The van der Waals surface area contributed by atoms with E-state index in [1.54, 1.807) is 6.33 Å². The lowest BCUT2D eigenvalue weighted by Crippen LogP contribution is -2.32. The normalized spacial score (nSPS) is 11.2. The van der Waals surface area contributed by atoms with Gasteiger partial charge in [-0.1, -0.05) is 31.2 Å². The summed E-state index contributed by atoms with van der Waals surface area (Å²) in [7, 11) is 0. The lowest BCUT2D eigenvalue weighted by atomic mass is 9.97. The molecule has 2 nitrogen and oxygen atoms in total. The minimum atomic E-state index is 0.460.